The molecule has 1 saturated heterocycles. The van der Waals surface area contributed by atoms with Crippen LogP contribution in [0.15, 0.2) is 6.20 Å². The van der Waals surface area contributed by atoms with Gasteiger partial charge in [-0.15, -0.1) is 0 Å². The number of carbonyl (C=O) groups excluding carboxylic acids is 3. The molecule has 0 bridgehead atoms. The van der Waals surface area contributed by atoms with Crippen LogP contribution in [0.1, 0.15) is 46.2 Å². The predicted molar refractivity (Wildman–Crippen MR) is 115 cm³/mol. The van der Waals surface area contributed by atoms with Crippen molar-refractivity contribution in [1.82, 2.24) is 25.3 Å². The van der Waals surface area contributed by atoms with Gasteiger partial charge < -0.3 is 20.6 Å². The first-order valence-corrected chi connectivity index (χ1v) is 11.0. The van der Waals surface area contributed by atoms with Gasteiger partial charge in [-0.25, -0.2) is 4.68 Å². The fourth-order valence-electron chi connectivity index (χ4n) is 4.90. The number of fused-ring (bicyclic) bond motifs is 1. The minimum Gasteiger partial charge on any atom is -0.493 e. The van der Waals surface area contributed by atoms with Crippen molar-refractivity contribution in [3.8, 4) is 11.9 Å². The molecule has 5 atom stereocenters. The molecule has 2 aliphatic rings. The van der Waals surface area contributed by atoms with Crippen LogP contribution in [0, 0.1) is 34.0 Å². The summed E-state index contributed by atoms with van der Waals surface area (Å²) < 4.78 is 39.9. The highest BCUT2D eigenvalue weighted by Crippen LogP contribution is 2.65. The summed E-state index contributed by atoms with van der Waals surface area (Å²) in [5.74, 6) is -4.41. The van der Waals surface area contributed by atoms with E-state index in [1.54, 1.807) is 5.32 Å². The lowest BCUT2D eigenvalue weighted by atomic mass is 9.85. The number of nitriles is 1. The van der Waals surface area contributed by atoms with Crippen LogP contribution in [0.5, 0.6) is 5.88 Å². The monoisotopic (exact) mass is 498 g/mol. The second-order valence-corrected chi connectivity index (χ2v) is 10.8. The Morgan fingerprint density at radius 2 is 1.86 bits per heavy atom. The van der Waals surface area contributed by atoms with Gasteiger partial charge in [0.1, 0.15) is 18.1 Å². The number of alkyl halides is 3. The van der Waals surface area contributed by atoms with E-state index in [0.29, 0.717) is 0 Å². The van der Waals surface area contributed by atoms with Crippen LogP contribution in [0.3, 0.4) is 0 Å². The lowest BCUT2D eigenvalue weighted by Gasteiger charge is -2.37. The highest BCUT2D eigenvalue weighted by Gasteiger charge is 2.70. The first kappa shape index (κ1) is 26.3. The van der Waals surface area contributed by atoms with Crippen LogP contribution in [0.2, 0.25) is 0 Å². The molecule has 1 aliphatic heterocycles. The van der Waals surface area contributed by atoms with Gasteiger partial charge in [0.2, 0.25) is 17.7 Å². The molecular weight excluding hydrogens is 469 g/mol. The first-order chi connectivity index (χ1) is 15.9. The van der Waals surface area contributed by atoms with Gasteiger partial charge in [0, 0.05) is 13.6 Å². The van der Waals surface area contributed by atoms with Gasteiger partial charge in [0.05, 0.1) is 17.8 Å². The number of nitrogens with zero attached hydrogens (tertiary/aromatic N) is 4. The summed E-state index contributed by atoms with van der Waals surface area (Å²) in [6.07, 6.45) is -3.95. The fourth-order valence-corrected chi connectivity index (χ4v) is 4.90. The Morgan fingerprint density at radius 1 is 1.26 bits per heavy atom. The number of aromatic hydroxyl groups is 1. The standard InChI is InChI=1S/C22H29F3N6O4/c1-20(2,3)15(29-19(35)22(23,24)25)18(34)31-9-11-13(21(11,4)5)14(31)16(32)28-12(7-26)10-8-27-30(6)17(10)33/h8,11-15,33H,9H2,1-6H3,(H,28,32)(H,29,35)/t11?,12?,13?,14?,15-/m1/s1. The van der Waals surface area contributed by atoms with Crippen molar-refractivity contribution >= 4 is 17.7 Å². The van der Waals surface area contributed by atoms with Crippen molar-refractivity contribution < 1.29 is 32.7 Å². The minimum absolute atomic E-state index is 0.0656. The van der Waals surface area contributed by atoms with Gasteiger partial charge >= 0.3 is 12.1 Å². The Bertz CT molecular complexity index is 1080. The van der Waals surface area contributed by atoms with Crippen molar-refractivity contribution in [2.45, 2.75) is 58.9 Å². The smallest absolute Gasteiger partial charge is 0.471 e. The number of aryl methyl sites for hydroxylation is 1. The minimum atomic E-state index is -5.18. The molecule has 0 radical (unpaired) electrons. The molecule has 0 aromatic carbocycles. The van der Waals surface area contributed by atoms with Crippen LogP contribution >= 0.6 is 0 Å². The van der Waals surface area contributed by atoms with Crippen LogP contribution in [-0.2, 0) is 21.4 Å². The molecule has 10 nitrogen and oxygen atoms in total. The maximum absolute atomic E-state index is 13.5. The molecule has 2 heterocycles. The summed E-state index contributed by atoms with van der Waals surface area (Å²) in [6, 6.07) is -1.99. The van der Waals surface area contributed by atoms with E-state index in [1.807, 2.05) is 19.9 Å². The van der Waals surface area contributed by atoms with Crippen molar-refractivity contribution in [3.63, 3.8) is 0 Å². The van der Waals surface area contributed by atoms with Crippen molar-refractivity contribution in [2.75, 3.05) is 6.54 Å². The molecule has 0 spiro atoms. The summed E-state index contributed by atoms with van der Waals surface area (Å²) >= 11 is 0. The molecule has 1 aromatic heterocycles. The number of halogens is 3. The molecule has 3 N–H and O–H groups in total. The summed E-state index contributed by atoms with van der Waals surface area (Å²) in [6.45, 7) is 8.51. The third-order valence-corrected chi connectivity index (χ3v) is 7.07. The predicted octanol–water partition coefficient (Wildman–Crippen LogP) is 1.38. The molecule has 1 aromatic rings. The third-order valence-electron chi connectivity index (χ3n) is 7.07. The Labute approximate surface area is 200 Å². The molecule has 13 heteroatoms. The molecule has 35 heavy (non-hydrogen) atoms. The second-order valence-electron chi connectivity index (χ2n) is 10.8. The molecule has 192 valence electrons. The number of amides is 3. The lowest BCUT2D eigenvalue weighted by Crippen LogP contribution is -2.60. The number of likely N-dealkylation sites (tertiary alicyclic amines) is 1. The normalized spacial score (nSPS) is 24.7. The third kappa shape index (κ3) is 4.66. The number of piperidine rings is 1. The fraction of sp³-hybridized carbons (Fsp3) is 0.682. The van der Waals surface area contributed by atoms with Crippen LogP contribution < -0.4 is 10.6 Å². The zero-order valence-electron chi connectivity index (χ0n) is 20.3. The Hall–Kier alpha value is -3.30. The van der Waals surface area contributed by atoms with Crippen molar-refractivity contribution in [2.24, 2.45) is 29.7 Å². The summed E-state index contributed by atoms with van der Waals surface area (Å²) in [5, 5.41) is 27.9. The van der Waals surface area contributed by atoms with Gasteiger partial charge in [0.25, 0.3) is 0 Å². The van der Waals surface area contributed by atoms with Gasteiger partial charge in [-0.3, -0.25) is 14.4 Å². The SMILES string of the molecule is Cn1ncc(C(C#N)NC(=O)C2C3C(CN2C(=O)[C@@H](NC(=O)C(F)(F)F)C(C)(C)C)C3(C)C)c1O. The second kappa shape index (κ2) is 8.42. The average molecular weight is 499 g/mol. The molecule has 4 unspecified atom stereocenters. The number of carbonyl (C=O) groups is 3. The quantitative estimate of drug-likeness (QED) is 0.560. The van der Waals surface area contributed by atoms with E-state index in [1.165, 1.54) is 38.9 Å². The van der Waals surface area contributed by atoms with Gasteiger partial charge in [-0.05, 0) is 22.7 Å². The lowest BCUT2D eigenvalue weighted by molar-refractivity contribution is -0.176. The number of rotatable bonds is 5. The van der Waals surface area contributed by atoms with E-state index >= 15 is 0 Å². The molecule has 3 rings (SSSR count). The zero-order valence-corrected chi connectivity index (χ0v) is 20.3. The molecule has 1 saturated carbocycles. The number of hydrogen-bond acceptors (Lipinski definition) is 6. The van der Waals surface area contributed by atoms with Gasteiger partial charge in [-0.1, -0.05) is 34.6 Å². The van der Waals surface area contributed by atoms with E-state index in [4.69, 9.17) is 0 Å². The van der Waals surface area contributed by atoms with Crippen LogP contribution in [0.4, 0.5) is 13.2 Å². The average Bonchev–Trinajstić information content (AvgIpc) is 3.05. The van der Waals surface area contributed by atoms with E-state index in [2.05, 4.69) is 10.4 Å². The van der Waals surface area contributed by atoms with E-state index in [0.717, 1.165) is 4.68 Å². The Kier molecular flexibility index (Phi) is 6.33. The van der Waals surface area contributed by atoms with Crippen molar-refractivity contribution in [3.05, 3.63) is 11.8 Å². The number of hydrogen-bond donors (Lipinski definition) is 3. The van der Waals surface area contributed by atoms with Crippen LogP contribution in [0.25, 0.3) is 0 Å². The largest absolute Gasteiger partial charge is 0.493 e. The Morgan fingerprint density at radius 3 is 2.31 bits per heavy atom. The highest BCUT2D eigenvalue weighted by atomic mass is 19.4. The number of aromatic nitrogens is 2. The molecular formula is C22H29F3N6O4. The van der Waals surface area contributed by atoms with E-state index < -0.39 is 47.4 Å². The summed E-state index contributed by atoms with van der Waals surface area (Å²) in [4.78, 5) is 39.7. The van der Waals surface area contributed by atoms with Gasteiger partial charge in [0.15, 0.2) is 0 Å². The van der Waals surface area contributed by atoms with Gasteiger partial charge in [-0.2, -0.15) is 23.5 Å². The maximum atomic E-state index is 13.5. The molecule has 2 fully saturated rings. The van der Waals surface area contributed by atoms with E-state index in [9.17, 15) is 37.9 Å². The Balaban J connectivity index is 1.89. The van der Waals surface area contributed by atoms with E-state index in [-0.39, 0.29) is 35.2 Å². The zero-order chi connectivity index (χ0) is 26.7. The van der Waals surface area contributed by atoms with Crippen LogP contribution in [-0.4, -0.2) is 62.3 Å². The molecule has 3 amide bonds. The topological polar surface area (TPSA) is 140 Å². The highest BCUT2D eigenvalue weighted by molar-refractivity contribution is 5.95. The van der Waals surface area contributed by atoms with Crippen molar-refractivity contribution in [1.29, 1.82) is 5.26 Å². The summed E-state index contributed by atoms with van der Waals surface area (Å²) in [7, 11) is 1.45. The maximum Gasteiger partial charge on any atom is 0.471 e. The summed E-state index contributed by atoms with van der Waals surface area (Å²) in [5.41, 5.74) is -1.32. The first-order valence-electron chi connectivity index (χ1n) is 11.0. The number of nitrogens with one attached hydrogen (secondary N) is 2. The molecule has 1 aliphatic carbocycles.